The highest BCUT2D eigenvalue weighted by molar-refractivity contribution is 5.45. The van der Waals surface area contributed by atoms with E-state index >= 15 is 0 Å². The van der Waals surface area contributed by atoms with Crippen molar-refractivity contribution in [1.82, 2.24) is 0 Å². The molecule has 0 bridgehead atoms. The summed E-state index contributed by atoms with van der Waals surface area (Å²) in [5.41, 5.74) is 9.23. The number of hydrogen-bond acceptors (Lipinski definition) is 2. The van der Waals surface area contributed by atoms with Gasteiger partial charge in [0.2, 0.25) is 0 Å². The van der Waals surface area contributed by atoms with Crippen LogP contribution < -0.4 is 5.73 Å². The second-order valence-corrected chi connectivity index (χ2v) is 7.77. The zero-order chi connectivity index (χ0) is 14.8. The fourth-order valence-electron chi connectivity index (χ4n) is 5.10. The van der Waals surface area contributed by atoms with Gasteiger partial charge in [0.15, 0.2) is 0 Å². The average molecular weight is 283 g/mol. The van der Waals surface area contributed by atoms with E-state index in [-0.39, 0.29) is 23.0 Å². The van der Waals surface area contributed by atoms with Crippen LogP contribution in [0.2, 0.25) is 0 Å². The van der Waals surface area contributed by atoms with Crippen molar-refractivity contribution in [3.05, 3.63) is 47.6 Å². The summed E-state index contributed by atoms with van der Waals surface area (Å²) in [7, 11) is 0. The van der Waals surface area contributed by atoms with E-state index in [0.29, 0.717) is 11.8 Å². The first-order valence-corrected chi connectivity index (χ1v) is 8.17. The molecule has 4 aliphatic carbocycles. The average Bonchev–Trinajstić information content (AvgIpc) is 2.76. The molecular weight excluding hydrogens is 258 g/mol. The maximum absolute atomic E-state index is 10.3. The lowest BCUT2D eigenvalue weighted by atomic mass is 9.52. The van der Waals surface area contributed by atoms with Crippen LogP contribution in [0.15, 0.2) is 47.6 Å². The monoisotopic (exact) mass is 283 g/mol. The molecule has 4 rings (SSSR count). The molecule has 0 spiro atoms. The second-order valence-electron chi connectivity index (χ2n) is 7.77. The Morgan fingerprint density at radius 1 is 1.19 bits per heavy atom. The molecule has 0 radical (unpaired) electrons. The van der Waals surface area contributed by atoms with E-state index in [2.05, 4.69) is 44.2 Å². The molecule has 112 valence electrons. The highest BCUT2D eigenvalue weighted by Crippen LogP contribution is 2.60. The third-order valence-electron chi connectivity index (χ3n) is 6.64. The minimum atomic E-state index is -0.294. The van der Waals surface area contributed by atoms with Crippen LogP contribution in [0.5, 0.6) is 0 Å². The number of aliphatic hydroxyl groups excluding tert-OH is 1. The van der Waals surface area contributed by atoms with E-state index in [1.54, 1.807) is 0 Å². The molecule has 0 saturated heterocycles. The van der Waals surface area contributed by atoms with Gasteiger partial charge in [0.1, 0.15) is 0 Å². The third-order valence-corrected chi connectivity index (χ3v) is 6.64. The molecule has 2 unspecified atom stereocenters. The first kappa shape index (κ1) is 13.5. The molecule has 4 aliphatic rings. The van der Waals surface area contributed by atoms with Crippen molar-refractivity contribution in [2.45, 2.75) is 45.3 Å². The quantitative estimate of drug-likeness (QED) is 0.671. The van der Waals surface area contributed by atoms with Crippen LogP contribution in [0.3, 0.4) is 0 Å². The summed E-state index contributed by atoms with van der Waals surface area (Å²) >= 11 is 0. The number of rotatable bonds is 0. The minimum absolute atomic E-state index is 0.00117. The Labute approximate surface area is 127 Å². The first-order chi connectivity index (χ1) is 9.95. The SMILES string of the molecule is C[C@]12C=CC(N)CC1=CC=C1[C@H]2CC[C@]2(C)C(O)C=C[C@@H]12. The van der Waals surface area contributed by atoms with E-state index in [9.17, 15) is 5.11 Å². The van der Waals surface area contributed by atoms with Crippen molar-refractivity contribution < 1.29 is 5.11 Å². The molecule has 0 aliphatic heterocycles. The zero-order valence-electron chi connectivity index (χ0n) is 12.9. The van der Waals surface area contributed by atoms with Crippen LogP contribution >= 0.6 is 0 Å². The summed E-state index contributed by atoms with van der Waals surface area (Å²) in [5, 5.41) is 10.3. The van der Waals surface area contributed by atoms with Crippen LogP contribution in [-0.4, -0.2) is 17.3 Å². The Morgan fingerprint density at radius 2 is 2.00 bits per heavy atom. The summed E-state index contributed by atoms with van der Waals surface area (Å²) < 4.78 is 0. The summed E-state index contributed by atoms with van der Waals surface area (Å²) in [4.78, 5) is 0. The van der Waals surface area contributed by atoms with Gasteiger partial charge in [-0.3, -0.25) is 0 Å². The van der Waals surface area contributed by atoms with Crippen LogP contribution in [0.25, 0.3) is 0 Å². The smallest absolute Gasteiger partial charge is 0.0783 e. The minimum Gasteiger partial charge on any atom is -0.388 e. The van der Waals surface area contributed by atoms with Gasteiger partial charge in [-0.05, 0) is 25.2 Å². The molecule has 6 atom stereocenters. The second kappa shape index (κ2) is 4.21. The summed E-state index contributed by atoms with van der Waals surface area (Å²) in [6, 6.07) is 0.168. The van der Waals surface area contributed by atoms with Gasteiger partial charge in [0.25, 0.3) is 0 Å². The number of hydrogen-bond donors (Lipinski definition) is 2. The van der Waals surface area contributed by atoms with E-state index in [1.807, 2.05) is 6.08 Å². The molecule has 0 amide bonds. The zero-order valence-corrected chi connectivity index (χ0v) is 12.9. The standard InChI is InChI=1S/C19H25NO/c1-18-9-7-13(20)11-12(18)3-4-14-15-5-6-17(21)19(15,2)10-8-16(14)18/h3-7,9,13,15-17,21H,8,10-11,20H2,1-2H3/t13?,15-,16+,17?,18-,19-/m0/s1. The van der Waals surface area contributed by atoms with Gasteiger partial charge < -0.3 is 10.8 Å². The van der Waals surface area contributed by atoms with Crippen molar-refractivity contribution in [3.8, 4) is 0 Å². The van der Waals surface area contributed by atoms with E-state index in [4.69, 9.17) is 5.73 Å². The van der Waals surface area contributed by atoms with Gasteiger partial charge in [-0.25, -0.2) is 0 Å². The van der Waals surface area contributed by atoms with E-state index in [0.717, 1.165) is 19.3 Å². The molecular formula is C19H25NO. The molecule has 2 nitrogen and oxygen atoms in total. The Morgan fingerprint density at radius 3 is 2.81 bits per heavy atom. The maximum Gasteiger partial charge on any atom is 0.0783 e. The normalized spacial score (nSPS) is 50.9. The number of aliphatic hydroxyl groups is 1. The highest BCUT2D eigenvalue weighted by atomic mass is 16.3. The lowest BCUT2D eigenvalue weighted by molar-refractivity contribution is 0.0277. The predicted molar refractivity (Wildman–Crippen MR) is 85.5 cm³/mol. The van der Waals surface area contributed by atoms with Gasteiger partial charge in [-0.15, -0.1) is 0 Å². The molecule has 0 aromatic carbocycles. The molecule has 3 N–H and O–H groups in total. The van der Waals surface area contributed by atoms with E-state index in [1.165, 1.54) is 11.1 Å². The third kappa shape index (κ3) is 1.66. The Hall–Kier alpha value is -1.12. The Bertz CT molecular complexity index is 599. The molecule has 2 heteroatoms. The molecule has 1 fully saturated rings. The number of nitrogens with two attached hydrogens (primary N) is 1. The fourth-order valence-corrected chi connectivity index (χ4v) is 5.10. The van der Waals surface area contributed by atoms with Crippen molar-refractivity contribution in [3.63, 3.8) is 0 Å². The van der Waals surface area contributed by atoms with Crippen LogP contribution in [0, 0.1) is 22.7 Å². The highest BCUT2D eigenvalue weighted by Gasteiger charge is 2.53. The Balaban J connectivity index is 1.79. The van der Waals surface area contributed by atoms with Gasteiger partial charge in [0.05, 0.1) is 6.10 Å². The number of fused-ring (bicyclic) bond motifs is 5. The fraction of sp³-hybridized carbons (Fsp3) is 0.579. The van der Waals surface area contributed by atoms with Gasteiger partial charge in [-0.2, -0.15) is 0 Å². The van der Waals surface area contributed by atoms with Gasteiger partial charge in [0, 0.05) is 22.8 Å². The van der Waals surface area contributed by atoms with Crippen LogP contribution in [0.4, 0.5) is 0 Å². The van der Waals surface area contributed by atoms with Crippen molar-refractivity contribution in [1.29, 1.82) is 0 Å². The van der Waals surface area contributed by atoms with Crippen molar-refractivity contribution in [2.75, 3.05) is 0 Å². The number of allylic oxidation sites excluding steroid dienone is 5. The maximum atomic E-state index is 10.3. The molecule has 21 heavy (non-hydrogen) atoms. The summed E-state index contributed by atoms with van der Waals surface area (Å²) in [6.45, 7) is 4.62. The lowest BCUT2D eigenvalue weighted by Gasteiger charge is -2.52. The summed E-state index contributed by atoms with van der Waals surface area (Å²) in [6.07, 6.45) is 16.4. The van der Waals surface area contributed by atoms with Gasteiger partial charge >= 0.3 is 0 Å². The van der Waals surface area contributed by atoms with Crippen molar-refractivity contribution in [2.24, 2.45) is 28.4 Å². The van der Waals surface area contributed by atoms with E-state index < -0.39 is 0 Å². The topological polar surface area (TPSA) is 46.2 Å². The lowest BCUT2D eigenvalue weighted by Crippen LogP contribution is -2.46. The Kier molecular flexibility index (Phi) is 2.71. The molecule has 1 saturated carbocycles. The van der Waals surface area contributed by atoms with Gasteiger partial charge in [-0.1, -0.05) is 61.4 Å². The van der Waals surface area contributed by atoms with Crippen molar-refractivity contribution >= 4 is 0 Å². The molecule has 0 heterocycles. The summed E-state index contributed by atoms with van der Waals surface area (Å²) in [5.74, 6) is 0.958. The largest absolute Gasteiger partial charge is 0.388 e. The van der Waals surface area contributed by atoms with Crippen LogP contribution in [-0.2, 0) is 0 Å². The predicted octanol–water partition coefficient (Wildman–Crippen LogP) is 3.11. The first-order valence-electron chi connectivity index (χ1n) is 8.17. The van der Waals surface area contributed by atoms with Crippen LogP contribution in [0.1, 0.15) is 33.1 Å². The molecule has 0 aromatic heterocycles. The molecule has 0 aromatic rings.